The molecule has 0 saturated heterocycles. The maximum absolute atomic E-state index is 2.55. The Hall–Kier alpha value is -1.86. The molecule has 0 radical (unpaired) electrons. The van der Waals surface area contributed by atoms with Gasteiger partial charge in [0.05, 0.1) is 0 Å². The van der Waals surface area contributed by atoms with Gasteiger partial charge in [-0.2, -0.15) is 0 Å². The number of rotatable bonds is 3. The predicted octanol–water partition coefficient (Wildman–Crippen LogP) is 5.55. The highest BCUT2D eigenvalue weighted by atomic mass is 28.3. The molecule has 0 aliphatic heterocycles. The summed E-state index contributed by atoms with van der Waals surface area (Å²) in [6.07, 6.45) is 2.55. The van der Waals surface area contributed by atoms with Crippen molar-refractivity contribution in [1.29, 1.82) is 0 Å². The zero-order chi connectivity index (χ0) is 18.4. The molecule has 0 fully saturated rings. The largest absolute Gasteiger partial charge is 0.128 e. The zero-order valence-corrected chi connectivity index (χ0v) is 17.7. The van der Waals surface area contributed by atoms with E-state index < -0.39 is 8.07 Å². The molecule has 0 bridgehead atoms. The fourth-order valence-corrected chi connectivity index (χ4v) is 9.04. The molecule has 0 N–H and O–H groups in total. The fraction of sp³-hybridized carbons (Fsp3) is 0.333. The summed E-state index contributed by atoms with van der Waals surface area (Å²) in [4.78, 5) is 0. The normalized spacial score (nSPS) is 20.8. The van der Waals surface area contributed by atoms with Crippen molar-refractivity contribution in [2.75, 3.05) is 0 Å². The van der Waals surface area contributed by atoms with Crippen molar-refractivity contribution in [3.63, 3.8) is 0 Å². The molecule has 1 aliphatic rings. The molecule has 2 aromatic rings. The average molecular weight is 347 g/mol. The molecule has 0 spiro atoms. The second-order valence-corrected chi connectivity index (χ2v) is 12.6. The van der Waals surface area contributed by atoms with E-state index in [0.717, 1.165) is 0 Å². The van der Waals surface area contributed by atoms with Gasteiger partial charge in [-0.25, -0.2) is 0 Å². The van der Waals surface area contributed by atoms with Crippen LogP contribution in [0.4, 0.5) is 0 Å². The van der Waals surface area contributed by atoms with Gasteiger partial charge in [0, 0.05) is 5.04 Å². The molecule has 1 atom stereocenters. The number of hydrogen-bond acceptors (Lipinski definition) is 0. The van der Waals surface area contributed by atoms with Crippen LogP contribution in [-0.4, -0.2) is 8.07 Å². The zero-order valence-electron chi connectivity index (χ0n) is 16.7. The van der Waals surface area contributed by atoms with Crippen LogP contribution >= 0.6 is 0 Å². The Balaban J connectivity index is 2.31. The summed E-state index contributed by atoms with van der Waals surface area (Å²) in [5.74, 6) is 0. The van der Waals surface area contributed by atoms with E-state index >= 15 is 0 Å². The summed E-state index contributed by atoms with van der Waals surface area (Å²) in [6, 6.07) is 18.6. The molecular formula is C24H30Si. The van der Waals surface area contributed by atoms with Crippen LogP contribution in [0.15, 0.2) is 71.3 Å². The highest BCUT2D eigenvalue weighted by molar-refractivity contribution is 7.04. The molecule has 2 aromatic carbocycles. The molecule has 0 nitrogen and oxygen atoms in total. The Labute approximate surface area is 154 Å². The molecule has 0 amide bonds. The molecule has 130 valence electrons. The standard InChI is InChI=1S/C24H30Si/c1-17-8-12-22(13-9-17)25(7,23-14-10-18(2)11-15-23)24(6)16-19(3)20(4)21(24)5/h8-16H,1-7H3. The molecular weight excluding hydrogens is 316 g/mol. The molecule has 3 rings (SSSR count). The highest BCUT2D eigenvalue weighted by Crippen LogP contribution is 2.52. The molecule has 1 aliphatic carbocycles. The van der Waals surface area contributed by atoms with Crippen LogP contribution in [0.2, 0.25) is 11.6 Å². The van der Waals surface area contributed by atoms with E-state index in [-0.39, 0.29) is 5.04 Å². The van der Waals surface area contributed by atoms with Gasteiger partial charge in [0.15, 0.2) is 0 Å². The van der Waals surface area contributed by atoms with E-state index in [9.17, 15) is 0 Å². The molecule has 0 aromatic heterocycles. The lowest BCUT2D eigenvalue weighted by molar-refractivity contribution is 0.865. The average Bonchev–Trinajstić information content (AvgIpc) is 2.79. The first-order valence-corrected chi connectivity index (χ1v) is 11.7. The lowest BCUT2D eigenvalue weighted by Crippen LogP contribution is -2.63. The van der Waals surface area contributed by atoms with Gasteiger partial charge >= 0.3 is 0 Å². The quantitative estimate of drug-likeness (QED) is 0.639. The van der Waals surface area contributed by atoms with Crippen LogP contribution in [-0.2, 0) is 0 Å². The maximum Gasteiger partial charge on any atom is 0.128 e. The van der Waals surface area contributed by atoms with Gasteiger partial charge in [-0.1, -0.05) is 101 Å². The summed E-state index contributed by atoms with van der Waals surface area (Å²) in [6.45, 7) is 16.3. The summed E-state index contributed by atoms with van der Waals surface area (Å²) >= 11 is 0. The SMILES string of the molecule is CC1=CC(C)([Si](C)(c2ccc(C)cc2)c2ccc(C)cc2)C(C)=C1C. The molecule has 25 heavy (non-hydrogen) atoms. The number of aryl methyl sites for hydroxylation is 2. The minimum Gasteiger partial charge on any atom is -0.0733 e. The van der Waals surface area contributed by atoms with Crippen LogP contribution in [0.5, 0.6) is 0 Å². The Morgan fingerprint density at radius 3 is 1.40 bits per heavy atom. The van der Waals surface area contributed by atoms with Crippen molar-refractivity contribution in [3.05, 3.63) is 82.5 Å². The van der Waals surface area contributed by atoms with Gasteiger partial charge in [0.2, 0.25) is 0 Å². The third kappa shape index (κ3) is 2.66. The monoisotopic (exact) mass is 346 g/mol. The molecule has 1 heteroatoms. The van der Waals surface area contributed by atoms with E-state index in [1.54, 1.807) is 5.57 Å². The van der Waals surface area contributed by atoms with Crippen molar-refractivity contribution in [1.82, 2.24) is 0 Å². The smallest absolute Gasteiger partial charge is 0.0733 e. The van der Waals surface area contributed by atoms with Gasteiger partial charge in [0.25, 0.3) is 0 Å². The van der Waals surface area contributed by atoms with Crippen molar-refractivity contribution >= 4 is 18.4 Å². The maximum atomic E-state index is 2.55. The van der Waals surface area contributed by atoms with Gasteiger partial charge in [-0.15, -0.1) is 0 Å². The third-order valence-corrected chi connectivity index (χ3v) is 12.3. The van der Waals surface area contributed by atoms with E-state index in [1.165, 1.54) is 32.6 Å². The Kier molecular flexibility index (Phi) is 4.41. The first-order valence-electron chi connectivity index (χ1n) is 9.22. The first kappa shape index (κ1) is 17.9. The third-order valence-electron chi connectivity index (χ3n) is 6.73. The Morgan fingerprint density at radius 1 is 0.680 bits per heavy atom. The predicted molar refractivity (Wildman–Crippen MR) is 114 cm³/mol. The summed E-state index contributed by atoms with van der Waals surface area (Å²) < 4.78 is 0. The minimum absolute atomic E-state index is 0.103. The van der Waals surface area contributed by atoms with Crippen molar-refractivity contribution in [2.24, 2.45) is 0 Å². The highest BCUT2D eigenvalue weighted by Gasteiger charge is 2.51. The first-order chi connectivity index (χ1) is 11.7. The van der Waals surface area contributed by atoms with Crippen LogP contribution < -0.4 is 10.4 Å². The van der Waals surface area contributed by atoms with Crippen molar-refractivity contribution < 1.29 is 0 Å². The van der Waals surface area contributed by atoms with Crippen LogP contribution in [0.1, 0.15) is 38.8 Å². The lowest BCUT2D eigenvalue weighted by Gasteiger charge is -2.44. The van der Waals surface area contributed by atoms with Crippen LogP contribution in [0, 0.1) is 13.8 Å². The lowest BCUT2D eigenvalue weighted by atomic mass is 10.0. The number of benzene rings is 2. The fourth-order valence-electron chi connectivity index (χ4n) is 4.39. The van der Waals surface area contributed by atoms with Gasteiger partial charge in [-0.3, -0.25) is 0 Å². The van der Waals surface area contributed by atoms with E-state index in [0.29, 0.717) is 0 Å². The summed E-state index contributed by atoms with van der Waals surface area (Å²) in [5.41, 5.74) is 7.12. The van der Waals surface area contributed by atoms with Crippen LogP contribution in [0.3, 0.4) is 0 Å². The van der Waals surface area contributed by atoms with E-state index in [1.807, 2.05) is 0 Å². The van der Waals surface area contributed by atoms with Gasteiger partial charge in [-0.05, 0) is 40.2 Å². The van der Waals surface area contributed by atoms with E-state index in [4.69, 9.17) is 0 Å². The van der Waals surface area contributed by atoms with Gasteiger partial charge < -0.3 is 0 Å². The van der Waals surface area contributed by atoms with E-state index in [2.05, 4.69) is 103 Å². The second kappa shape index (κ2) is 6.14. The van der Waals surface area contributed by atoms with Crippen molar-refractivity contribution in [2.45, 2.75) is 53.1 Å². The van der Waals surface area contributed by atoms with Gasteiger partial charge in [0.1, 0.15) is 8.07 Å². The summed E-state index contributed by atoms with van der Waals surface area (Å²) in [7, 11) is -2.02. The molecule has 0 heterocycles. The molecule has 1 unspecified atom stereocenters. The van der Waals surface area contributed by atoms with Crippen LogP contribution in [0.25, 0.3) is 0 Å². The minimum atomic E-state index is -2.02. The Morgan fingerprint density at radius 2 is 1.08 bits per heavy atom. The summed E-state index contributed by atoms with van der Waals surface area (Å²) in [5, 5.41) is 3.14. The second-order valence-electron chi connectivity index (χ2n) is 8.14. The Bertz CT molecular complexity index is 804. The topological polar surface area (TPSA) is 0 Å². The van der Waals surface area contributed by atoms with Crippen molar-refractivity contribution in [3.8, 4) is 0 Å². The number of hydrogen-bond donors (Lipinski definition) is 0. The number of allylic oxidation sites excluding steroid dienone is 4. The molecule has 0 saturated carbocycles.